The highest BCUT2D eigenvalue weighted by atomic mass is 79.9. The molecule has 0 spiro atoms. The molecule has 0 unspecified atom stereocenters. The fourth-order valence-corrected chi connectivity index (χ4v) is 3.95. The van der Waals surface area contributed by atoms with Crippen molar-refractivity contribution in [3.8, 4) is 0 Å². The highest BCUT2D eigenvalue weighted by Gasteiger charge is 2.36. The van der Waals surface area contributed by atoms with Crippen molar-refractivity contribution in [3.05, 3.63) is 23.1 Å². The Bertz CT molecular complexity index is 752. The van der Waals surface area contributed by atoms with Gasteiger partial charge in [-0.25, -0.2) is 14.5 Å². The van der Waals surface area contributed by atoms with Gasteiger partial charge in [0.2, 0.25) is 0 Å². The van der Waals surface area contributed by atoms with Crippen LogP contribution < -0.4 is 5.32 Å². The van der Waals surface area contributed by atoms with Crippen LogP contribution in [0.2, 0.25) is 0 Å². The molecule has 0 radical (unpaired) electrons. The molecule has 24 heavy (non-hydrogen) atoms. The van der Waals surface area contributed by atoms with E-state index in [1.807, 2.05) is 19.1 Å². The number of aliphatic imine (C=N–C) groups is 1. The Kier molecular flexibility index (Phi) is 4.41. The van der Waals surface area contributed by atoms with Crippen molar-refractivity contribution in [1.29, 1.82) is 0 Å². The molecule has 3 aliphatic rings. The van der Waals surface area contributed by atoms with E-state index in [2.05, 4.69) is 41.2 Å². The number of anilines is 1. The molecule has 0 amide bonds. The van der Waals surface area contributed by atoms with E-state index in [1.54, 1.807) is 4.52 Å². The summed E-state index contributed by atoms with van der Waals surface area (Å²) < 4.78 is 8.91. The minimum absolute atomic E-state index is 0.210. The van der Waals surface area contributed by atoms with Crippen LogP contribution in [0.3, 0.4) is 0 Å². The second kappa shape index (κ2) is 6.68. The van der Waals surface area contributed by atoms with Crippen LogP contribution >= 0.6 is 15.9 Å². The van der Waals surface area contributed by atoms with Crippen molar-refractivity contribution in [2.75, 3.05) is 31.5 Å². The van der Waals surface area contributed by atoms with E-state index in [0.717, 1.165) is 16.7 Å². The number of aromatic nitrogens is 3. The molecule has 8 heteroatoms. The molecule has 3 aliphatic heterocycles. The molecule has 5 heterocycles. The third kappa shape index (κ3) is 3.00. The van der Waals surface area contributed by atoms with Gasteiger partial charge in [-0.3, -0.25) is 10.2 Å². The summed E-state index contributed by atoms with van der Waals surface area (Å²) in [7, 11) is 0. The lowest BCUT2D eigenvalue weighted by Gasteiger charge is -2.44. The van der Waals surface area contributed by atoms with Gasteiger partial charge >= 0.3 is 0 Å². The summed E-state index contributed by atoms with van der Waals surface area (Å²) in [6, 6.07) is 4.46. The molecule has 5 rings (SSSR count). The highest BCUT2D eigenvalue weighted by Crippen LogP contribution is 2.30. The Balaban J connectivity index is 1.54. The lowest BCUT2D eigenvalue weighted by Crippen LogP contribution is -2.52. The van der Waals surface area contributed by atoms with E-state index in [0.29, 0.717) is 24.3 Å². The first-order valence-electron chi connectivity index (χ1n) is 8.43. The maximum Gasteiger partial charge on any atom is 0.290 e. The zero-order valence-electron chi connectivity index (χ0n) is 13.7. The molecular formula is C16H21BrN6O. The highest BCUT2D eigenvalue weighted by molar-refractivity contribution is 9.10. The minimum atomic E-state index is 0.210. The van der Waals surface area contributed by atoms with Crippen LogP contribution in [0.5, 0.6) is 0 Å². The smallest absolute Gasteiger partial charge is 0.290 e. The number of nitrogens with one attached hydrogen (secondary N) is 1. The van der Waals surface area contributed by atoms with Gasteiger partial charge in [-0.05, 0) is 66.8 Å². The molecule has 0 aliphatic carbocycles. The Labute approximate surface area is 149 Å². The van der Waals surface area contributed by atoms with Crippen molar-refractivity contribution < 1.29 is 4.74 Å². The topological polar surface area (TPSA) is 67.0 Å². The SMILES string of the molecule is CC/N=C(/Nc1ncnn2c(Br)ccc12)O[C@H]1CN2CCC1CC2. The van der Waals surface area contributed by atoms with E-state index in [1.165, 1.54) is 32.3 Å². The van der Waals surface area contributed by atoms with E-state index < -0.39 is 0 Å². The molecule has 2 bridgehead atoms. The minimum Gasteiger partial charge on any atom is -0.460 e. The lowest BCUT2D eigenvalue weighted by molar-refractivity contribution is -0.0147. The van der Waals surface area contributed by atoms with Crippen molar-refractivity contribution >= 4 is 33.3 Å². The van der Waals surface area contributed by atoms with Crippen molar-refractivity contribution in [2.24, 2.45) is 10.9 Å². The molecule has 7 nitrogen and oxygen atoms in total. The summed E-state index contributed by atoms with van der Waals surface area (Å²) in [6.45, 7) is 6.05. The molecule has 0 saturated carbocycles. The molecular weight excluding hydrogens is 372 g/mol. The van der Waals surface area contributed by atoms with E-state index >= 15 is 0 Å². The molecule has 0 aromatic carbocycles. The molecule has 1 N–H and O–H groups in total. The van der Waals surface area contributed by atoms with Gasteiger partial charge in [0.15, 0.2) is 5.82 Å². The fourth-order valence-electron chi connectivity index (χ4n) is 3.54. The zero-order valence-corrected chi connectivity index (χ0v) is 15.2. The third-order valence-electron chi connectivity index (χ3n) is 4.79. The van der Waals surface area contributed by atoms with Gasteiger partial charge in [-0.15, -0.1) is 0 Å². The number of piperidine rings is 3. The number of ether oxygens (including phenoxy) is 1. The van der Waals surface area contributed by atoms with Crippen LogP contribution in [0.25, 0.3) is 5.52 Å². The number of fused-ring (bicyclic) bond motifs is 4. The maximum atomic E-state index is 6.24. The van der Waals surface area contributed by atoms with E-state index in [9.17, 15) is 0 Å². The number of halogens is 1. The predicted octanol–water partition coefficient (Wildman–Crippen LogP) is 2.39. The number of rotatable bonds is 3. The van der Waals surface area contributed by atoms with E-state index in [4.69, 9.17) is 4.74 Å². The number of amidine groups is 1. The molecule has 3 saturated heterocycles. The summed E-state index contributed by atoms with van der Waals surface area (Å²) in [5.74, 6) is 1.33. The average molecular weight is 393 g/mol. The Hall–Kier alpha value is -1.67. The summed E-state index contributed by atoms with van der Waals surface area (Å²) in [4.78, 5) is 11.3. The molecule has 128 valence electrons. The summed E-state index contributed by atoms with van der Waals surface area (Å²) in [5, 5.41) is 7.49. The molecule has 1 atom stereocenters. The third-order valence-corrected chi connectivity index (χ3v) is 5.39. The first-order chi connectivity index (χ1) is 11.7. The first-order valence-corrected chi connectivity index (χ1v) is 9.22. The normalized spacial score (nSPS) is 26.8. The van der Waals surface area contributed by atoms with Crippen LogP contribution in [0, 0.1) is 5.92 Å². The Morgan fingerprint density at radius 3 is 2.96 bits per heavy atom. The van der Waals surface area contributed by atoms with Crippen molar-refractivity contribution in [1.82, 2.24) is 19.5 Å². The van der Waals surface area contributed by atoms with Crippen molar-refractivity contribution in [2.45, 2.75) is 25.9 Å². The van der Waals surface area contributed by atoms with Gasteiger partial charge in [0.1, 0.15) is 22.6 Å². The van der Waals surface area contributed by atoms with Gasteiger partial charge in [0.05, 0.1) is 0 Å². The van der Waals surface area contributed by atoms with Gasteiger partial charge in [-0.2, -0.15) is 5.10 Å². The quantitative estimate of drug-likeness (QED) is 0.641. The molecule has 3 fully saturated rings. The molecule has 2 aromatic rings. The van der Waals surface area contributed by atoms with Crippen LogP contribution in [0.1, 0.15) is 19.8 Å². The van der Waals surface area contributed by atoms with Gasteiger partial charge in [0.25, 0.3) is 6.02 Å². The number of hydrogen-bond acceptors (Lipinski definition) is 5. The fraction of sp³-hybridized carbons (Fsp3) is 0.562. The van der Waals surface area contributed by atoms with Gasteiger partial charge in [-0.1, -0.05) is 0 Å². The summed E-state index contributed by atoms with van der Waals surface area (Å²) in [5.41, 5.74) is 0.880. The van der Waals surface area contributed by atoms with Crippen LogP contribution in [-0.2, 0) is 4.74 Å². The zero-order chi connectivity index (χ0) is 16.5. The number of nitrogens with zero attached hydrogens (tertiary/aromatic N) is 5. The standard InChI is InChI=1S/C16H21BrN6O/c1-2-18-16(24-13-9-22-7-5-11(13)6-8-22)21-15-12-3-4-14(17)23(12)20-10-19-15/h3-4,10-11,13H,2,5-9H2,1H3,(H,18,19,20,21)/t13-/m0/s1. The predicted molar refractivity (Wildman–Crippen MR) is 96.3 cm³/mol. The largest absolute Gasteiger partial charge is 0.460 e. The number of hydrogen-bond donors (Lipinski definition) is 1. The summed E-state index contributed by atoms with van der Waals surface area (Å²) >= 11 is 3.48. The summed E-state index contributed by atoms with van der Waals surface area (Å²) in [6.07, 6.45) is 4.17. The van der Waals surface area contributed by atoms with Crippen molar-refractivity contribution in [3.63, 3.8) is 0 Å². The van der Waals surface area contributed by atoms with E-state index in [-0.39, 0.29) is 6.10 Å². The Morgan fingerprint density at radius 2 is 2.25 bits per heavy atom. The lowest BCUT2D eigenvalue weighted by atomic mass is 9.86. The van der Waals surface area contributed by atoms with Gasteiger partial charge in [0, 0.05) is 13.1 Å². The molecule has 2 aromatic heterocycles. The first kappa shape index (κ1) is 15.8. The monoisotopic (exact) mass is 392 g/mol. The second-order valence-corrected chi connectivity index (χ2v) is 7.07. The van der Waals surface area contributed by atoms with Gasteiger partial charge < -0.3 is 4.74 Å². The average Bonchev–Trinajstić information content (AvgIpc) is 2.99. The second-order valence-electron chi connectivity index (χ2n) is 6.26. The van der Waals surface area contributed by atoms with Crippen LogP contribution in [0.4, 0.5) is 5.82 Å². The Morgan fingerprint density at radius 1 is 1.42 bits per heavy atom. The van der Waals surface area contributed by atoms with Crippen LogP contribution in [0.15, 0.2) is 28.1 Å². The maximum absolute atomic E-state index is 6.24. The van der Waals surface area contributed by atoms with Crippen LogP contribution in [-0.4, -0.2) is 57.8 Å².